The van der Waals surface area contributed by atoms with Gasteiger partial charge < -0.3 is 10.1 Å². The van der Waals surface area contributed by atoms with Crippen LogP contribution in [0.3, 0.4) is 0 Å². The molecule has 1 aliphatic rings. The summed E-state index contributed by atoms with van der Waals surface area (Å²) in [7, 11) is -3.90. The third-order valence-corrected chi connectivity index (χ3v) is 9.16. The molecule has 2 aromatic heterocycles. The largest absolute Gasteiger partial charge is 0.492 e. The molecule has 4 rings (SSSR count). The molecule has 0 bridgehead atoms. The number of alkyl halides is 3. The van der Waals surface area contributed by atoms with Crippen molar-refractivity contribution in [1.29, 1.82) is 0 Å². The number of carbonyl (C=O) groups excluding carboxylic acids is 1. The number of nitrogens with one attached hydrogen (secondary N) is 2. The number of rotatable bonds is 8. The molecule has 3 aromatic rings. The summed E-state index contributed by atoms with van der Waals surface area (Å²) in [6, 6.07) is 5.11. The molecule has 1 aromatic carbocycles. The monoisotopic (exact) mass is 560 g/mol. The SMILES string of the molecule is CCOc1cc(C(F)(F)F)sc1C(=O)NC1Cc2ccc(S(=O)(=O)Nc3nnc(C(C)C)s3)cc2C1. The molecule has 36 heavy (non-hydrogen) atoms. The molecular formula is C22H23F3N4O4S3. The minimum absolute atomic E-state index is 0.0428. The molecule has 0 aliphatic heterocycles. The van der Waals surface area contributed by atoms with E-state index in [1.807, 2.05) is 13.8 Å². The van der Waals surface area contributed by atoms with E-state index in [2.05, 4.69) is 20.2 Å². The maximum Gasteiger partial charge on any atom is 0.425 e. The van der Waals surface area contributed by atoms with Crippen molar-refractivity contribution >= 4 is 43.7 Å². The maximum absolute atomic E-state index is 13.1. The molecule has 0 spiro atoms. The van der Waals surface area contributed by atoms with E-state index < -0.39 is 33.0 Å². The van der Waals surface area contributed by atoms with E-state index in [4.69, 9.17) is 4.74 Å². The van der Waals surface area contributed by atoms with E-state index >= 15 is 0 Å². The Hall–Kier alpha value is -2.71. The molecule has 1 unspecified atom stereocenters. The van der Waals surface area contributed by atoms with Gasteiger partial charge in [0.25, 0.3) is 15.9 Å². The first kappa shape index (κ1) is 26.4. The highest BCUT2D eigenvalue weighted by Crippen LogP contribution is 2.40. The van der Waals surface area contributed by atoms with Crippen LogP contribution in [0.4, 0.5) is 18.3 Å². The fourth-order valence-corrected chi connectivity index (χ4v) is 6.63. The molecule has 8 nitrogen and oxygen atoms in total. The van der Waals surface area contributed by atoms with Gasteiger partial charge in [0.05, 0.1) is 11.5 Å². The van der Waals surface area contributed by atoms with Crippen LogP contribution in [0.15, 0.2) is 29.2 Å². The number of sulfonamides is 1. The summed E-state index contributed by atoms with van der Waals surface area (Å²) in [6.45, 7) is 5.60. The van der Waals surface area contributed by atoms with Gasteiger partial charge in [-0.25, -0.2) is 8.42 Å². The van der Waals surface area contributed by atoms with Crippen LogP contribution in [0, 0.1) is 0 Å². The highest BCUT2D eigenvalue weighted by molar-refractivity contribution is 7.93. The van der Waals surface area contributed by atoms with E-state index in [-0.39, 0.29) is 33.2 Å². The van der Waals surface area contributed by atoms with Crippen molar-refractivity contribution in [3.63, 3.8) is 0 Å². The predicted molar refractivity (Wildman–Crippen MR) is 130 cm³/mol. The smallest absolute Gasteiger partial charge is 0.425 e. The van der Waals surface area contributed by atoms with Crippen molar-refractivity contribution in [3.8, 4) is 5.75 Å². The summed E-state index contributed by atoms with van der Waals surface area (Å²) in [4.78, 5) is 11.8. The lowest BCUT2D eigenvalue weighted by atomic mass is 10.1. The molecule has 0 radical (unpaired) electrons. The number of anilines is 1. The second kappa shape index (κ2) is 9.98. The number of carbonyl (C=O) groups is 1. The van der Waals surface area contributed by atoms with Crippen LogP contribution in [-0.2, 0) is 29.0 Å². The number of fused-ring (bicyclic) bond motifs is 1. The number of benzene rings is 1. The fourth-order valence-electron chi connectivity index (χ4n) is 3.73. The third-order valence-electron chi connectivity index (χ3n) is 5.40. The molecule has 0 saturated carbocycles. The van der Waals surface area contributed by atoms with Crippen LogP contribution in [0.25, 0.3) is 0 Å². The maximum atomic E-state index is 13.1. The second-order valence-corrected chi connectivity index (χ2v) is 12.2. The second-order valence-electron chi connectivity index (χ2n) is 8.45. The molecule has 1 amide bonds. The number of thiophene rings is 1. The average molecular weight is 561 g/mol. The molecular weight excluding hydrogens is 537 g/mol. The lowest BCUT2D eigenvalue weighted by molar-refractivity contribution is -0.134. The number of amides is 1. The minimum atomic E-state index is -4.58. The lowest BCUT2D eigenvalue weighted by Gasteiger charge is -2.12. The number of nitrogens with zero attached hydrogens (tertiary/aromatic N) is 2. The molecule has 1 aliphatic carbocycles. The van der Waals surface area contributed by atoms with Gasteiger partial charge in [0, 0.05) is 18.0 Å². The van der Waals surface area contributed by atoms with Gasteiger partial charge in [0.15, 0.2) is 0 Å². The Bertz CT molecular complexity index is 1380. The van der Waals surface area contributed by atoms with Gasteiger partial charge in [-0.3, -0.25) is 9.52 Å². The Morgan fingerprint density at radius 1 is 1.17 bits per heavy atom. The molecule has 2 heterocycles. The van der Waals surface area contributed by atoms with Crippen molar-refractivity contribution < 1.29 is 31.1 Å². The number of ether oxygens (including phenoxy) is 1. The number of aromatic nitrogens is 2. The highest BCUT2D eigenvalue weighted by Gasteiger charge is 2.36. The highest BCUT2D eigenvalue weighted by atomic mass is 32.2. The fraction of sp³-hybridized carbons (Fsp3) is 0.409. The summed E-state index contributed by atoms with van der Waals surface area (Å²) in [6.07, 6.45) is -3.83. The summed E-state index contributed by atoms with van der Waals surface area (Å²) in [5, 5.41) is 11.5. The molecule has 2 N–H and O–H groups in total. The van der Waals surface area contributed by atoms with Crippen LogP contribution in [0.2, 0.25) is 0 Å². The number of hydrogen-bond donors (Lipinski definition) is 2. The zero-order valence-corrected chi connectivity index (χ0v) is 21.9. The van der Waals surface area contributed by atoms with Gasteiger partial charge in [-0.05, 0) is 43.0 Å². The number of hydrogen-bond acceptors (Lipinski definition) is 8. The Morgan fingerprint density at radius 3 is 2.53 bits per heavy atom. The predicted octanol–water partition coefficient (Wildman–Crippen LogP) is 4.84. The number of halogens is 3. The summed E-state index contributed by atoms with van der Waals surface area (Å²) < 4.78 is 72.8. The first-order chi connectivity index (χ1) is 16.9. The third kappa shape index (κ3) is 5.65. The Labute approximate surface area is 214 Å². The molecule has 0 saturated heterocycles. The van der Waals surface area contributed by atoms with Gasteiger partial charge in [-0.15, -0.1) is 21.5 Å². The normalized spacial score (nSPS) is 15.7. The zero-order chi connectivity index (χ0) is 26.3. The molecule has 1 atom stereocenters. The summed E-state index contributed by atoms with van der Waals surface area (Å²) >= 11 is 1.49. The van der Waals surface area contributed by atoms with Crippen molar-refractivity contribution in [1.82, 2.24) is 15.5 Å². The van der Waals surface area contributed by atoms with Crippen LogP contribution in [0.5, 0.6) is 5.75 Å². The van der Waals surface area contributed by atoms with E-state index in [1.165, 1.54) is 12.1 Å². The van der Waals surface area contributed by atoms with Crippen LogP contribution >= 0.6 is 22.7 Å². The standard InChI is InChI=1S/C22H23F3N4O4S3/c1-4-33-16-10-17(22(23,24)25)34-18(16)19(30)26-14-7-12-5-6-15(9-13(12)8-14)36(31,32)29-21-28-27-20(35-21)11(2)3/h5-6,9-11,14H,4,7-8H2,1-3H3,(H,26,30)(H,28,29). The zero-order valence-electron chi connectivity index (χ0n) is 19.5. The molecule has 14 heteroatoms. The van der Waals surface area contributed by atoms with Gasteiger partial charge >= 0.3 is 6.18 Å². The first-order valence-electron chi connectivity index (χ1n) is 11.0. The van der Waals surface area contributed by atoms with Crippen molar-refractivity contribution in [2.24, 2.45) is 0 Å². The van der Waals surface area contributed by atoms with Crippen LogP contribution in [-0.4, -0.2) is 37.2 Å². The van der Waals surface area contributed by atoms with Crippen molar-refractivity contribution in [2.45, 2.75) is 56.6 Å². The van der Waals surface area contributed by atoms with E-state index in [0.29, 0.717) is 29.2 Å². The van der Waals surface area contributed by atoms with E-state index in [0.717, 1.165) is 28.5 Å². The van der Waals surface area contributed by atoms with Crippen LogP contribution < -0.4 is 14.8 Å². The quantitative estimate of drug-likeness (QED) is 0.408. The molecule has 0 fully saturated rings. The Balaban J connectivity index is 1.47. The van der Waals surface area contributed by atoms with E-state index in [9.17, 15) is 26.4 Å². The van der Waals surface area contributed by atoms with Crippen LogP contribution in [0.1, 0.15) is 57.4 Å². The van der Waals surface area contributed by atoms with E-state index in [1.54, 1.807) is 13.0 Å². The van der Waals surface area contributed by atoms with Gasteiger partial charge in [0.1, 0.15) is 20.5 Å². The van der Waals surface area contributed by atoms with Gasteiger partial charge in [-0.2, -0.15) is 13.2 Å². The average Bonchev–Trinajstić information content (AvgIpc) is 3.50. The Morgan fingerprint density at radius 2 is 1.89 bits per heavy atom. The van der Waals surface area contributed by atoms with Gasteiger partial charge in [-0.1, -0.05) is 31.3 Å². The van der Waals surface area contributed by atoms with Crippen molar-refractivity contribution in [2.75, 3.05) is 11.3 Å². The van der Waals surface area contributed by atoms with Gasteiger partial charge in [0.2, 0.25) is 5.13 Å². The molecule has 194 valence electrons. The summed E-state index contributed by atoms with van der Waals surface area (Å²) in [5.41, 5.74) is 1.58. The van der Waals surface area contributed by atoms with Crippen molar-refractivity contribution in [3.05, 3.63) is 50.2 Å². The summed E-state index contributed by atoms with van der Waals surface area (Å²) in [5.74, 6) is -0.658. The minimum Gasteiger partial charge on any atom is -0.492 e. The Kier molecular flexibility index (Phi) is 7.30. The topological polar surface area (TPSA) is 110 Å². The first-order valence-corrected chi connectivity index (χ1v) is 14.1. The lowest BCUT2D eigenvalue weighted by Crippen LogP contribution is -2.35.